The third-order valence-electron chi connectivity index (χ3n) is 1.55. The Bertz CT molecular complexity index is 243. The Kier molecular flexibility index (Phi) is 2.58. The van der Waals surface area contributed by atoms with Crippen molar-refractivity contribution in [2.75, 3.05) is 0 Å². The molecule has 60 valence electrons. The van der Waals surface area contributed by atoms with Crippen LogP contribution in [0, 0.1) is 11.6 Å². The van der Waals surface area contributed by atoms with Gasteiger partial charge in [0.05, 0.1) is 0 Å². The molecule has 0 aliphatic rings. The van der Waals surface area contributed by atoms with Crippen LogP contribution in [-0.4, -0.2) is 0 Å². The van der Waals surface area contributed by atoms with Crippen molar-refractivity contribution in [1.82, 2.24) is 0 Å². The summed E-state index contributed by atoms with van der Waals surface area (Å²) in [5.74, 6) is -1.45. The maximum absolute atomic E-state index is 12.8. The first-order valence-corrected chi connectivity index (χ1v) is 3.68. The van der Waals surface area contributed by atoms with Crippen LogP contribution in [0.1, 0.15) is 18.9 Å². The van der Waals surface area contributed by atoms with Crippen molar-refractivity contribution in [1.29, 1.82) is 0 Å². The molecule has 0 aliphatic carbocycles. The van der Waals surface area contributed by atoms with Crippen LogP contribution < -0.4 is 0 Å². The van der Waals surface area contributed by atoms with Gasteiger partial charge < -0.3 is 0 Å². The molecule has 0 spiro atoms. The maximum Gasteiger partial charge on any atom is 0.162 e. The zero-order valence-electron chi connectivity index (χ0n) is 6.40. The fourth-order valence-corrected chi connectivity index (χ4v) is 1.01. The van der Waals surface area contributed by atoms with E-state index in [0.29, 0.717) is 12.0 Å². The molecule has 0 radical (unpaired) electrons. The lowest BCUT2D eigenvalue weighted by Crippen LogP contribution is -1.92. The normalized spacial score (nSPS) is 10.1. The molecule has 0 aromatic heterocycles. The summed E-state index contributed by atoms with van der Waals surface area (Å²) in [6, 6.07) is 4.28. The van der Waals surface area contributed by atoms with Crippen LogP contribution in [-0.2, 0) is 6.42 Å². The monoisotopic (exact) mass is 156 g/mol. The summed E-state index contributed by atoms with van der Waals surface area (Å²) in [5.41, 5.74) is 0.465. The molecule has 0 fully saturated rings. The van der Waals surface area contributed by atoms with E-state index in [2.05, 4.69) is 0 Å². The summed E-state index contributed by atoms with van der Waals surface area (Å²) in [7, 11) is 0. The standard InChI is InChI=1S/C9H10F2/c1-2-4-7-5-3-6-8(10)9(7)11/h3,5-6H,2,4H2,1H3. The minimum absolute atomic E-state index is 0.465. The Hall–Kier alpha value is -0.920. The Balaban J connectivity index is 2.96. The lowest BCUT2D eigenvalue weighted by Gasteiger charge is -1.99. The summed E-state index contributed by atoms with van der Waals surface area (Å²) < 4.78 is 25.3. The maximum atomic E-state index is 12.8. The second kappa shape index (κ2) is 3.46. The Morgan fingerprint density at radius 2 is 2.00 bits per heavy atom. The topological polar surface area (TPSA) is 0 Å². The largest absolute Gasteiger partial charge is 0.204 e. The summed E-state index contributed by atoms with van der Waals surface area (Å²) in [6.45, 7) is 1.93. The number of hydrogen-bond acceptors (Lipinski definition) is 0. The van der Waals surface area contributed by atoms with E-state index < -0.39 is 11.6 Å². The average Bonchev–Trinajstić information content (AvgIpc) is 1.99. The highest BCUT2D eigenvalue weighted by Crippen LogP contribution is 2.12. The van der Waals surface area contributed by atoms with E-state index in [1.165, 1.54) is 6.07 Å². The van der Waals surface area contributed by atoms with Crippen molar-refractivity contribution < 1.29 is 8.78 Å². The summed E-state index contributed by atoms with van der Waals surface area (Å²) in [6.07, 6.45) is 1.43. The molecule has 0 atom stereocenters. The molecule has 0 heterocycles. The van der Waals surface area contributed by atoms with Crippen molar-refractivity contribution >= 4 is 0 Å². The Morgan fingerprint density at radius 1 is 1.27 bits per heavy atom. The highest BCUT2D eigenvalue weighted by molar-refractivity contribution is 5.18. The number of rotatable bonds is 2. The van der Waals surface area contributed by atoms with Gasteiger partial charge in [-0.1, -0.05) is 25.5 Å². The van der Waals surface area contributed by atoms with E-state index in [1.54, 1.807) is 6.07 Å². The van der Waals surface area contributed by atoms with Crippen LogP contribution in [0.2, 0.25) is 0 Å². The first-order chi connectivity index (χ1) is 5.25. The molecule has 0 saturated heterocycles. The van der Waals surface area contributed by atoms with Gasteiger partial charge in [-0.25, -0.2) is 8.78 Å². The molecule has 0 N–H and O–H groups in total. The lowest BCUT2D eigenvalue weighted by atomic mass is 10.1. The van der Waals surface area contributed by atoms with Gasteiger partial charge in [-0.15, -0.1) is 0 Å². The fourth-order valence-electron chi connectivity index (χ4n) is 1.01. The molecule has 2 heteroatoms. The molecule has 0 aliphatic heterocycles. The quantitative estimate of drug-likeness (QED) is 0.617. The lowest BCUT2D eigenvalue weighted by molar-refractivity contribution is 0.498. The van der Waals surface area contributed by atoms with E-state index in [1.807, 2.05) is 6.92 Å². The average molecular weight is 156 g/mol. The second-order valence-corrected chi connectivity index (χ2v) is 2.46. The van der Waals surface area contributed by atoms with Crippen LogP contribution in [0.15, 0.2) is 18.2 Å². The van der Waals surface area contributed by atoms with Crippen LogP contribution in [0.5, 0.6) is 0 Å². The zero-order valence-corrected chi connectivity index (χ0v) is 6.40. The highest BCUT2D eigenvalue weighted by atomic mass is 19.2. The van der Waals surface area contributed by atoms with Crippen LogP contribution >= 0.6 is 0 Å². The molecule has 11 heavy (non-hydrogen) atoms. The molecule has 1 aromatic carbocycles. The van der Waals surface area contributed by atoms with Gasteiger partial charge in [0.1, 0.15) is 0 Å². The predicted molar refractivity (Wildman–Crippen MR) is 40.4 cm³/mol. The predicted octanol–water partition coefficient (Wildman–Crippen LogP) is 2.92. The van der Waals surface area contributed by atoms with Gasteiger partial charge in [-0.3, -0.25) is 0 Å². The van der Waals surface area contributed by atoms with Crippen molar-refractivity contribution in [3.05, 3.63) is 35.4 Å². The zero-order chi connectivity index (χ0) is 8.27. The van der Waals surface area contributed by atoms with Gasteiger partial charge in [-0.2, -0.15) is 0 Å². The molecular formula is C9H10F2. The molecule has 1 rings (SSSR count). The van der Waals surface area contributed by atoms with E-state index in [-0.39, 0.29) is 0 Å². The summed E-state index contributed by atoms with van der Waals surface area (Å²) in [4.78, 5) is 0. The second-order valence-electron chi connectivity index (χ2n) is 2.46. The molecule has 0 nitrogen and oxygen atoms in total. The van der Waals surface area contributed by atoms with Crippen molar-refractivity contribution in [3.8, 4) is 0 Å². The van der Waals surface area contributed by atoms with E-state index >= 15 is 0 Å². The molecule has 1 aromatic rings. The first-order valence-electron chi connectivity index (χ1n) is 3.68. The number of benzene rings is 1. The highest BCUT2D eigenvalue weighted by Gasteiger charge is 2.04. The third-order valence-corrected chi connectivity index (χ3v) is 1.55. The SMILES string of the molecule is CCCc1cccc(F)c1F. The minimum Gasteiger partial charge on any atom is -0.204 e. The first kappa shape index (κ1) is 8.18. The number of halogens is 2. The van der Waals surface area contributed by atoms with Gasteiger partial charge in [0.25, 0.3) is 0 Å². The van der Waals surface area contributed by atoms with Gasteiger partial charge in [-0.05, 0) is 18.1 Å². The summed E-state index contributed by atoms with van der Waals surface area (Å²) in [5, 5.41) is 0. The summed E-state index contributed by atoms with van der Waals surface area (Å²) >= 11 is 0. The van der Waals surface area contributed by atoms with Gasteiger partial charge in [0.15, 0.2) is 11.6 Å². The molecular weight excluding hydrogens is 146 g/mol. The van der Waals surface area contributed by atoms with Crippen molar-refractivity contribution in [3.63, 3.8) is 0 Å². The van der Waals surface area contributed by atoms with Gasteiger partial charge in [0, 0.05) is 0 Å². The van der Waals surface area contributed by atoms with Gasteiger partial charge in [0.2, 0.25) is 0 Å². The van der Waals surface area contributed by atoms with Crippen LogP contribution in [0.3, 0.4) is 0 Å². The van der Waals surface area contributed by atoms with Crippen molar-refractivity contribution in [2.45, 2.75) is 19.8 Å². The van der Waals surface area contributed by atoms with Crippen LogP contribution in [0.25, 0.3) is 0 Å². The van der Waals surface area contributed by atoms with Crippen LogP contribution in [0.4, 0.5) is 8.78 Å². The molecule has 0 amide bonds. The number of aryl methyl sites for hydroxylation is 1. The fraction of sp³-hybridized carbons (Fsp3) is 0.333. The number of hydrogen-bond donors (Lipinski definition) is 0. The molecule has 0 unspecified atom stereocenters. The molecule has 0 bridgehead atoms. The van der Waals surface area contributed by atoms with E-state index in [0.717, 1.165) is 12.5 Å². The minimum atomic E-state index is -0.754. The smallest absolute Gasteiger partial charge is 0.162 e. The van der Waals surface area contributed by atoms with E-state index in [9.17, 15) is 8.78 Å². The van der Waals surface area contributed by atoms with Crippen molar-refractivity contribution in [2.24, 2.45) is 0 Å². The Morgan fingerprint density at radius 3 is 2.64 bits per heavy atom. The van der Waals surface area contributed by atoms with E-state index in [4.69, 9.17) is 0 Å². The third kappa shape index (κ3) is 1.76. The molecule has 0 saturated carbocycles. The Labute approximate surface area is 64.9 Å². The van der Waals surface area contributed by atoms with Gasteiger partial charge >= 0.3 is 0 Å².